The Labute approximate surface area is 147 Å². The van der Waals surface area contributed by atoms with Crippen molar-refractivity contribution < 1.29 is 23.1 Å². The number of aryl methyl sites for hydroxylation is 1. The highest BCUT2D eigenvalue weighted by atomic mass is 79.9. The van der Waals surface area contributed by atoms with Gasteiger partial charge in [-0.3, -0.25) is 4.57 Å². The molecule has 1 aromatic rings. The molecular weight excluding hydrogens is 501 g/mol. The van der Waals surface area contributed by atoms with Crippen molar-refractivity contribution in [3.63, 3.8) is 0 Å². The molecule has 0 aliphatic carbocycles. The molecule has 1 aromatic carbocycles. The summed E-state index contributed by atoms with van der Waals surface area (Å²) in [6, 6.07) is 1.16. The maximum absolute atomic E-state index is 14.1. The number of hydrogen-bond acceptors (Lipinski definition) is 1. The van der Waals surface area contributed by atoms with Crippen molar-refractivity contribution in [2.75, 3.05) is 0 Å². The lowest BCUT2D eigenvalue weighted by molar-refractivity contribution is 0.0555. The smallest absolute Gasteiger partial charge is 0.320 e. The first-order valence-electron chi connectivity index (χ1n) is 6.05. The molecule has 0 aliphatic rings. The van der Waals surface area contributed by atoms with Crippen LogP contribution in [0.25, 0.3) is 0 Å². The quantitative estimate of drug-likeness (QED) is 0.398. The van der Waals surface area contributed by atoms with Gasteiger partial charge in [-0.1, -0.05) is 45.7 Å². The molecule has 0 aliphatic heterocycles. The lowest BCUT2D eigenvalue weighted by atomic mass is 9.95. The number of alkyl halides is 4. The lowest BCUT2D eigenvalue weighted by Gasteiger charge is -2.24. The Morgan fingerprint density at radius 3 is 2.14 bits per heavy atom. The summed E-state index contributed by atoms with van der Waals surface area (Å²) in [5.41, 5.74) is -2.90. The van der Waals surface area contributed by atoms with Gasteiger partial charge in [0.15, 0.2) is 0 Å². The van der Waals surface area contributed by atoms with Gasteiger partial charge in [-0.25, -0.2) is 0 Å². The summed E-state index contributed by atoms with van der Waals surface area (Å²) in [6.45, 7) is 3.60. The molecule has 0 unspecified atom stereocenters. The normalized spacial score (nSPS) is 13.0. The van der Waals surface area contributed by atoms with Gasteiger partial charge < -0.3 is 9.79 Å². The summed E-state index contributed by atoms with van der Waals surface area (Å²) in [5, 5.41) is 0. The van der Waals surface area contributed by atoms with Crippen molar-refractivity contribution in [2.24, 2.45) is 0 Å². The van der Waals surface area contributed by atoms with Gasteiger partial charge in [-0.15, -0.1) is 0 Å². The van der Waals surface area contributed by atoms with Crippen molar-refractivity contribution >= 4 is 55.4 Å². The fourth-order valence-electron chi connectivity index (χ4n) is 2.08. The van der Waals surface area contributed by atoms with E-state index < -0.39 is 18.8 Å². The largest absolute Gasteiger partial charge is 0.399 e. The van der Waals surface area contributed by atoms with Crippen LogP contribution in [0.15, 0.2) is 10.5 Å². The van der Waals surface area contributed by atoms with Gasteiger partial charge in [0.1, 0.15) is 0 Å². The molecule has 0 aromatic heterocycles. The highest BCUT2D eigenvalue weighted by molar-refractivity contribution is 9.24. The van der Waals surface area contributed by atoms with E-state index >= 15 is 0 Å². The number of rotatable bonds is 5. The summed E-state index contributed by atoms with van der Waals surface area (Å²) in [5.74, 6) is 0. The van der Waals surface area contributed by atoms with Crippen LogP contribution in [-0.4, -0.2) is 9.79 Å². The minimum absolute atomic E-state index is 0.0365. The molecule has 21 heavy (non-hydrogen) atoms. The first-order chi connectivity index (χ1) is 9.48. The Bertz CT molecular complexity index is 588. The SMILES string of the molecule is CCc1cc(C(F)(F)P(=O)(O)O)c(Br)c(CC)c1C(Br)Br. The Kier molecular flexibility index (Phi) is 6.62. The molecule has 0 fully saturated rings. The third-order valence-electron chi connectivity index (χ3n) is 3.13. The number of benzene rings is 1. The van der Waals surface area contributed by atoms with Gasteiger partial charge in [0.25, 0.3) is 0 Å². The summed E-state index contributed by atoms with van der Waals surface area (Å²) < 4.78 is 39.1. The van der Waals surface area contributed by atoms with Gasteiger partial charge in [0, 0.05) is 10.0 Å². The van der Waals surface area contributed by atoms with Crippen molar-refractivity contribution in [3.8, 4) is 0 Å². The zero-order valence-electron chi connectivity index (χ0n) is 11.2. The molecular formula is C12H14Br3F2O3P. The zero-order valence-corrected chi connectivity index (χ0v) is 16.9. The molecule has 0 bridgehead atoms. The maximum atomic E-state index is 14.1. The van der Waals surface area contributed by atoms with Crippen LogP contribution in [0, 0.1) is 0 Å². The van der Waals surface area contributed by atoms with E-state index in [1.807, 2.05) is 0 Å². The molecule has 0 saturated carbocycles. The van der Waals surface area contributed by atoms with Crippen LogP contribution in [0.1, 0.15) is 39.8 Å². The van der Waals surface area contributed by atoms with E-state index in [-0.39, 0.29) is 8.21 Å². The molecule has 0 atom stereocenters. The molecule has 1 rings (SSSR count). The van der Waals surface area contributed by atoms with E-state index in [0.717, 1.165) is 11.6 Å². The highest BCUT2D eigenvalue weighted by Crippen LogP contribution is 2.61. The van der Waals surface area contributed by atoms with Crippen LogP contribution in [0.2, 0.25) is 0 Å². The second-order valence-electron chi connectivity index (χ2n) is 4.38. The van der Waals surface area contributed by atoms with E-state index in [4.69, 9.17) is 9.79 Å². The summed E-state index contributed by atoms with van der Waals surface area (Å²) >= 11 is 9.83. The zero-order chi connectivity index (χ0) is 16.6. The first kappa shape index (κ1) is 19.7. The molecule has 0 heterocycles. The predicted octanol–water partition coefficient (Wildman–Crippen LogP) is 5.59. The topological polar surface area (TPSA) is 57.5 Å². The molecule has 0 saturated heterocycles. The molecule has 120 valence electrons. The summed E-state index contributed by atoms with van der Waals surface area (Å²) in [6.07, 6.45) is 0.912. The van der Waals surface area contributed by atoms with Crippen LogP contribution < -0.4 is 0 Å². The fourth-order valence-corrected chi connectivity index (χ4v) is 4.72. The van der Waals surface area contributed by atoms with E-state index in [0.29, 0.717) is 24.0 Å². The minimum atomic E-state index is -5.60. The number of hydrogen-bond donors (Lipinski definition) is 2. The van der Waals surface area contributed by atoms with Gasteiger partial charge in [0.05, 0.1) is 3.74 Å². The third-order valence-corrected chi connectivity index (χ3v) is 5.93. The molecule has 2 N–H and O–H groups in total. The van der Waals surface area contributed by atoms with Crippen LogP contribution in [0.3, 0.4) is 0 Å². The van der Waals surface area contributed by atoms with Crippen molar-refractivity contribution in [2.45, 2.75) is 36.1 Å². The standard InChI is InChI=1S/C12H14Br3F2O3P/c1-3-6-5-8(12(16,17)21(18,19)20)10(13)7(4-2)9(6)11(14)15/h5,11H,3-4H2,1-2H3,(H2,18,19,20). The molecule has 0 spiro atoms. The Hall–Kier alpha value is 0.670. The van der Waals surface area contributed by atoms with Crippen molar-refractivity contribution in [3.05, 3.63) is 32.8 Å². The van der Waals surface area contributed by atoms with Gasteiger partial charge in [-0.2, -0.15) is 8.78 Å². The lowest BCUT2D eigenvalue weighted by Crippen LogP contribution is -2.17. The average Bonchev–Trinajstić information content (AvgIpc) is 2.36. The van der Waals surface area contributed by atoms with Crippen molar-refractivity contribution in [1.29, 1.82) is 0 Å². The van der Waals surface area contributed by atoms with E-state index in [1.165, 1.54) is 0 Å². The fraction of sp³-hybridized carbons (Fsp3) is 0.500. The van der Waals surface area contributed by atoms with E-state index in [1.54, 1.807) is 13.8 Å². The molecule has 0 radical (unpaired) electrons. The third kappa shape index (κ3) is 3.78. The minimum Gasteiger partial charge on any atom is -0.320 e. The first-order valence-corrected chi connectivity index (χ1v) is 10.3. The van der Waals surface area contributed by atoms with E-state index in [2.05, 4.69) is 47.8 Å². The van der Waals surface area contributed by atoms with E-state index in [9.17, 15) is 13.3 Å². The molecule has 3 nitrogen and oxygen atoms in total. The summed E-state index contributed by atoms with van der Waals surface area (Å²) in [7, 11) is -5.60. The Morgan fingerprint density at radius 2 is 1.81 bits per heavy atom. The second-order valence-corrected chi connectivity index (χ2v) is 9.89. The van der Waals surface area contributed by atoms with Crippen LogP contribution in [0.4, 0.5) is 8.78 Å². The van der Waals surface area contributed by atoms with Gasteiger partial charge >= 0.3 is 13.3 Å². The highest BCUT2D eigenvalue weighted by Gasteiger charge is 2.52. The van der Waals surface area contributed by atoms with Crippen LogP contribution >= 0.6 is 55.4 Å². The van der Waals surface area contributed by atoms with Crippen LogP contribution in [-0.2, 0) is 23.1 Å². The molecule has 9 heteroatoms. The predicted molar refractivity (Wildman–Crippen MR) is 89.4 cm³/mol. The van der Waals surface area contributed by atoms with Crippen LogP contribution in [0.5, 0.6) is 0 Å². The maximum Gasteiger partial charge on any atom is 0.399 e. The second kappa shape index (κ2) is 7.05. The number of halogens is 5. The van der Waals surface area contributed by atoms with Crippen molar-refractivity contribution in [1.82, 2.24) is 0 Å². The average molecular weight is 515 g/mol. The molecule has 0 amide bonds. The summed E-state index contributed by atoms with van der Waals surface area (Å²) in [4.78, 5) is 17.9. The Morgan fingerprint density at radius 1 is 1.29 bits per heavy atom. The Balaban J connectivity index is 3.77. The monoisotopic (exact) mass is 512 g/mol. The van der Waals surface area contributed by atoms with Gasteiger partial charge in [-0.05, 0) is 51.5 Å². The van der Waals surface area contributed by atoms with Gasteiger partial charge in [0.2, 0.25) is 0 Å².